The summed E-state index contributed by atoms with van der Waals surface area (Å²) in [7, 11) is 3.49. The zero-order chi connectivity index (χ0) is 13.0. The molecule has 0 aromatic carbocycles. The topological polar surface area (TPSA) is 64.9 Å². The number of hydrogen-bond acceptors (Lipinski definition) is 5. The number of hydrogen-bond donors (Lipinski definition) is 1. The van der Waals surface area contributed by atoms with Crippen LogP contribution in [0.3, 0.4) is 0 Å². The minimum atomic E-state index is -0.0290. The number of pyridine rings is 1. The molecule has 2 heterocycles. The van der Waals surface area contributed by atoms with Gasteiger partial charge in [0.05, 0.1) is 25.0 Å². The molecule has 18 heavy (non-hydrogen) atoms. The van der Waals surface area contributed by atoms with Crippen molar-refractivity contribution in [1.82, 2.24) is 25.3 Å². The van der Waals surface area contributed by atoms with Crippen molar-refractivity contribution >= 4 is 0 Å². The molecule has 0 bridgehead atoms. The predicted molar refractivity (Wildman–Crippen MR) is 67.3 cm³/mol. The van der Waals surface area contributed by atoms with Crippen LogP contribution in [0.1, 0.15) is 24.2 Å². The fraction of sp³-hybridized carbons (Fsp3) is 0.417. The molecule has 0 amide bonds. The van der Waals surface area contributed by atoms with E-state index in [0.717, 1.165) is 17.8 Å². The maximum absolute atomic E-state index is 5.31. The minimum Gasteiger partial charge on any atom is -0.481 e. The lowest BCUT2D eigenvalue weighted by molar-refractivity contribution is 0.386. The second-order valence-electron chi connectivity index (χ2n) is 3.88. The molecule has 6 heteroatoms. The zero-order valence-electron chi connectivity index (χ0n) is 10.8. The van der Waals surface area contributed by atoms with Gasteiger partial charge >= 0.3 is 0 Å². The van der Waals surface area contributed by atoms with Gasteiger partial charge in [-0.05, 0) is 12.6 Å². The summed E-state index contributed by atoms with van der Waals surface area (Å²) in [6.45, 7) is 2.88. The van der Waals surface area contributed by atoms with Gasteiger partial charge in [-0.25, -0.2) is 4.98 Å². The Morgan fingerprint density at radius 3 is 2.94 bits per heavy atom. The van der Waals surface area contributed by atoms with Gasteiger partial charge in [0.15, 0.2) is 0 Å². The van der Waals surface area contributed by atoms with E-state index >= 15 is 0 Å². The molecule has 96 valence electrons. The van der Waals surface area contributed by atoms with Gasteiger partial charge in [-0.2, -0.15) is 0 Å². The summed E-state index contributed by atoms with van der Waals surface area (Å²) in [5, 5.41) is 11.3. The molecule has 0 aliphatic heterocycles. The summed E-state index contributed by atoms with van der Waals surface area (Å²) in [6.07, 6.45) is 3.46. The molecule has 0 saturated heterocycles. The van der Waals surface area contributed by atoms with E-state index in [0.29, 0.717) is 5.88 Å². The molecule has 0 saturated carbocycles. The molecule has 1 atom stereocenters. The normalized spacial score (nSPS) is 12.4. The Hall–Kier alpha value is -1.95. The standard InChI is InChI=1S/C12H17N5O/c1-4-13-11(10-8-15-16-17(10)2)9-6-5-7-14-12(9)18-3/h5-8,11,13H,4H2,1-3H3. The average Bonchev–Trinajstić information content (AvgIpc) is 2.82. The van der Waals surface area contributed by atoms with Crippen molar-refractivity contribution in [2.24, 2.45) is 7.05 Å². The van der Waals surface area contributed by atoms with Gasteiger partial charge in [-0.15, -0.1) is 5.10 Å². The van der Waals surface area contributed by atoms with E-state index in [1.165, 1.54) is 0 Å². The van der Waals surface area contributed by atoms with Gasteiger partial charge < -0.3 is 10.1 Å². The Labute approximate surface area is 106 Å². The molecule has 2 aromatic heterocycles. The highest BCUT2D eigenvalue weighted by atomic mass is 16.5. The monoisotopic (exact) mass is 247 g/mol. The summed E-state index contributed by atoms with van der Waals surface area (Å²) < 4.78 is 7.06. The van der Waals surface area contributed by atoms with E-state index in [-0.39, 0.29) is 6.04 Å². The van der Waals surface area contributed by atoms with E-state index < -0.39 is 0 Å². The Morgan fingerprint density at radius 2 is 2.33 bits per heavy atom. The van der Waals surface area contributed by atoms with Crippen LogP contribution in [0.2, 0.25) is 0 Å². The highest BCUT2D eigenvalue weighted by Gasteiger charge is 2.21. The third kappa shape index (κ3) is 2.33. The molecule has 0 aliphatic rings. The lowest BCUT2D eigenvalue weighted by Gasteiger charge is -2.19. The summed E-state index contributed by atoms with van der Waals surface area (Å²) in [6, 6.07) is 3.86. The molecule has 0 radical (unpaired) electrons. The molecule has 1 unspecified atom stereocenters. The highest BCUT2D eigenvalue weighted by Crippen LogP contribution is 2.27. The summed E-state index contributed by atoms with van der Waals surface area (Å²) in [5.74, 6) is 0.615. The zero-order valence-corrected chi connectivity index (χ0v) is 10.8. The van der Waals surface area contributed by atoms with Crippen LogP contribution in [0, 0.1) is 0 Å². The fourth-order valence-electron chi connectivity index (χ4n) is 1.93. The van der Waals surface area contributed by atoms with Crippen molar-refractivity contribution in [1.29, 1.82) is 0 Å². The van der Waals surface area contributed by atoms with Crippen LogP contribution in [-0.4, -0.2) is 33.6 Å². The number of rotatable bonds is 5. The number of aryl methyl sites for hydroxylation is 1. The first-order chi connectivity index (χ1) is 8.77. The quantitative estimate of drug-likeness (QED) is 0.851. The summed E-state index contributed by atoms with van der Waals surface area (Å²) in [4.78, 5) is 4.23. The first kappa shape index (κ1) is 12.5. The van der Waals surface area contributed by atoms with Crippen molar-refractivity contribution in [3.05, 3.63) is 35.8 Å². The van der Waals surface area contributed by atoms with Gasteiger partial charge in [0.25, 0.3) is 0 Å². The number of nitrogens with zero attached hydrogens (tertiary/aromatic N) is 4. The van der Waals surface area contributed by atoms with Crippen LogP contribution in [0.15, 0.2) is 24.5 Å². The van der Waals surface area contributed by atoms with Crippen molar-refractivity contribution in [3.8, 4) is 5.88 Å². The van der Waals surface area contributed by atoms with E-state index in [1.54, 1.807) is 24.2 Å². The molecule has 1 N–H and O–H groups in total. The summed E-state index contributed by atoms with van der Waals surface area (Å²) in [5.41, 5.74) is 1.95. The average molecular weight is 247 g/mol. The van der Waals surface area contributed by atoms with Crippen molar-refractivity contribution in [2.75, 3.05) is 13.7 Å². The van der Waals surface area contributed by atoms with Crippen molar-refractivity contribution in [2.45, 2.75) is 13.0 Å². The van der Waals surface area contributed by atoms with Crippen LogP contribution in [-0.2, 0) is 7.05 Å². The van der Waals surface area contributed by atoms with Crippen molar-refractivity contribution in [3.63, 3.8) is 0 Å². The molecule has 0 spiro atoms. The Balaban J connectivity index is 2.45. The number of methoxy groups -OCH3 is 1. The largest absolute Gasteiger partial charge is 0.481 e. The van der Waals surface area contributed by atoms with Crippen LogP contribution >= 0.6 is 0 Å². The Morgan fingerprint density at radius 1 is 1.50 bits per heavy atom. The molecule has 0 aliphatic carbocycles. The number of nitrogens with one attached hydrogen (secondary N) is 1. The van der Waals surface area contributed by atoms with E-state index in [9.17, 15) is 0 Å². The Kier molecular flexibility index (Phi) is 3.88. The molecular weight excluding hydrogens is 230 g/mol. The van der Waals surface area contributed by atoms with E-state index in [1.807, 2.05) is 19.2 Å². The van der Waals surface area contributed by atoms with Gasteiger partial charge in [0.2, 0.25) is 5.88 Å². The third-order valence-corrected chi connectivity index (χ3v) is 2.76. The van der Waals surface area contributed by atoms with Gasteiger partial charge in [0, 0.05) is 18.8 Å². The van der Waals surface area contributed by atoms with E-state index in [4.69, 9.17) is 4.74 Å². The predicted octanol–water partition coefficient (Wildman–Crippen LogP) is 0.918. The molecule has 2 aromatic rings. The fourth-order valence-corrected chi connectivity index (χ4v) is 1.93. The Bertz CT molecular complexity index is 511. The number of ether oxygens (including phenoxy) is 1. The van der Waals surface area contributed by atoms with Gasteiger partial charge in [-0.1, -0.05) is 18.2 Å². The second kappa shape index (κ2) is 5.59. The first-order valence-corrected chi connectivity index (χ1v) is 5.84. The molecular formula is C12H17N5O. The van der Waals surface area contributed by atoms with Crippen LogP contribution in [0.25, 0.3) is 0 Å². The van der Waals surface area contributed by atoms with Crippen molar-refractivity contribution < 1.29 is 4.74 Å². The van der Waals surface area contributed by atoms with Crippen LogP contribution in [0.5, 0.6) is 5.88 Å². The maximum Gasteiger partial charge on any atom is 0.218 e. The first-order valence-electron chi connectivity index (χ1n) is 5.84. The lowest BCUT2D eigenvalue weighted by Crippen LogP contribution is -2.25. The van der Waals surface area contributed by atoms with Gasteiger partial charge in [0.1, 0.15) is 0 Å². The molecule has 6 nitrogen and oxygen atoms in total. The van der Waals surface area contributed by atoms with Crippen LogP contribution in [0.4, 0.5) is 0 Å². The van der Waals surface area contributed by atoms with E-state index in [2.05, 4.69) is 27.5 Å². The lowest BCUT2D eigenvalue weighted by atomic mass is 10.1. The van der Waals surface area contributed by atoms with Gasteiger partial charge in [-0.3, -0.25) is 4.68 Å². The van der Waals surface area contributed by atoms with Crippen LogP contribution < -0.4 is 10.1 Å². The summed E-state index contributed by atoms with van der Waals surface area (Å²) >= 11 is 0. The molecule has 0 fully saturated rings. The molecule has 2 rings (SSSR count). The highest BCUT2D eigenvalue weighted by molar-refractivity contribution is 5.34. The smallest absolute Gasteiger partial charge is 0.218 e. The second-order valence-corrected chi connectivity index (χ2v) is 3.88. The third-order valence-electron chi connectivity index (χ3n) is 2.76. The minimum absolute atomic E-state index is 0.0290. The number of aromatic nitrogens is 4. The SMILES string of the molecule is CCNC(c1cccnc1OC)c1cnnn1C. The maximum atomic E-state index is 5.31.